The minimum absolute atomic E-state index is 0.0192. The molecule has 88 valence electrons. The van der Waals surface area contributed by atoms with Crippen LogP contribution in [0.4, 0.5) is 5.69 Å². The number of carbonyl (C=O) groups is 1. The fourth-order valence-electron chi connectivity index (χ4n) is 1.49. The molecule has 8 heteroatoms. The minimum Gasteiger partial charge on any atom is -0.319 e. The Bertz CT molecular complexity index is 694. The highest BCUT2D eigenvalue weighted by Gasteiger charge is 2.10. The molecular weight excluding hydrogens is 234 g/mol. The average molecular weight is 241 g/mol. The number of benzene rings is 1. The molecule has 3 rings (SSSR count). The van der Waals surface area contributed by atoms with Crippen molar-refractivity contribution in [1.29, 1.82) is 0 Å². The molecule has 0 saturated heterocycles. The lowest BCUT2D eigenvalue weighted by Crippen LogP contribution is -2.13. The van der Waals surface area contributed by atoms with E-state index in [2.05, 4.69) is 35.9 Å². The van der Waals surface area contributed by atoms with E-state index in [-0.39, 0.29) is 5.82 Å². The number of H-pyrrole nitrogens is 1. The van der Waals surface area contributed by atoms with E-state index >= 15 is 0 Å². The van der Waals surface area contributed by atoms with Crippen molar-refractivity contribution in [2.45, 2.75) is 0 Å². The Morgan fingerprint density at radius 1 is 1.17 bits per heavy atom. The molecule has 0 fully saturated rings. The van der Waals surface area contributed by atoms with E-state index in [0.717, 1.165) is 5.52 Å². The molecule has 0 aliphatic heterocycles. The van der Waals surface area contributed by atoms with Gasteiger partial charge < -0.3 is 5.32 Å². The molecule has 1 aromatic carbocycles. The lowest BCUT2D eigenvalue weighted by molar-refractivity contribution is 0.101. The zero-order valence-corrected chi connectivity index (χ0v) is 9.03. The molecule has 0 aliphatic carbocycles. The summed E-state index contributed by atoms with van der Waals surface area (Å²) in [5.74, 6) is -0.457. The number of hydrogen-bond acceptors (Lipinski definition) is 6. The molecule has 3 aromatic rings. The van der Waals surface area contributed by atoms with E-state index in [0.29, 0.717) is 11.2 Å². The quantitative estimate of drug-likeness (QED) is 0.671. The van der Waals surface area contributed by atoms with Crippen LogP contribution in [-0.2, 0) is 0 Å². The second-order valence-electron chi connectivity index (χ2n) is 3.45. The van der Waals surface area contributed by atoms with Crippen molar-refractivity contribution < 1.29 is 4.79 Å². The van der Waals surface area contributed by atoms with Crippen molar-refractivity contribution >= 4 is 22.6 Å². The van der Waals surface area contributed by atoms with E-state index in [1.54, 1.807) is 30.6 Å². The zero-order valence-electron chi connectivity index (χ0n) is 9.03. The SMILES string of the molecule is O=C(Nc1ccc2nccnc2c1)c1nn[nH]n1. The minimum atomic E-state index is -0.438. The Balaban J connectivity index is 1.89. The number of hydrogen-bond donors (Lipinski definition) is 2. The van der Waals surface area contributed by atoms with Gasteiger partial charge >= 0.3 is 0 Å². The first-order valence-corrected chi connectivity index (χ1v) is 5.08. The predicted molar refractivity (Wildman–Crippen MR) is 61.7 cm³/mol. The third kappa shape index (κ3) is 1.86. The number of rotatable bonds is 2. The summed E-state index contributed by atoms with van der Waals surface area (Å²) in [5.41, 5.74) is 2.05. The van der Waals surface area contributed by atoms with Crippen molar-refractivity contribution in [3.05, 3.63) is 36.4 Å². The maximum atomic E-state index is 11.7. The number of fused-ring (bicyclic) bond motifs is 1. The van der Waals surface area contributed by atoms with E-state index in [9.17, 15) is 4.79 Å². The summed E-state index contributed by atoms with van der Waals surface area (Å²) in [6.07, 6.45) is 3.20. The van der Waals surface area contributed by atoms with Crippen LogP contribution in [0.15, 0.2) is 30.6 Å². The fraction of sp³-hybridized carbons (Fsp3) is 0. The van der Waals surface area contributed by atoms with Crippen LogP contribution in [-0.4, -0.2) is 36.5 Å². The van der Waals surface area contributed by atoms with E-state index in [4.69, 9.17) is 0 Å². The Morgan fingerprint density at radius 2 is 2.00 bits per heavy atom. The molecule has 0 saturated carbocycles. The van der Waals surface area contributed by atoms with Crippen molar-refractivity contribution in [3.63, 3.8) is 0 Å². The molecule has 0 radical (unpaired) electrons. The van der Waals surface area contributed by atoms with E-state index in [1.165, 1.54) is 0 Å². The summed E-state index contributed by atoms with van der Waals surface area (Å²) < 4.78 is 0. The van der Waals surface area contributed by atoms with Crippen LogP contribution < -0.4 is 5.32 Å². The normalized spacial score (nSPS) is 10.4. The van der Waals surface area contributed by atoms with Gasteiger partial charge in [0.2, 0.25) is 0 Å². The Hall–Kier alpha value is -2.90. The smallest absolute Gasteiger partial charge is 0.297 e. The van der Waals surface area contributed by atoms with Gasteiger partial charge in [0, 0.05) is 18.1 Å². The Kier molecular flexibility index (Phi) is 2.38. The van der Waals surface area contributed by atoms with Gasteiger partial charge in [0.1, 0.15) is 0 Å². The predicted octanol–water partition coefficient (Wildman–Crippen LogP) is 0.395. The van der Waals surface area contributed by atoms with Crippen LogP contribution in [0.5, 0.6) is 0 Å². The van der Waals surface area contributed by atoms with Gasteiger partial charge in [-0.1, -0.05) is 0 Å². The maximum absolute atomic E-state index is 11.7. The highest BCUT2D eigenvalue weighted by molar-refractivity contribution is 6.02. The number of anilines is 1. The summed E-state index contributed by atoms with van der Waals surface area (Å²) in [7, 11) is 0. The summed E-state index contributed by atoms with van der Waals surface area (Å²) >= 11 is 0. The van der Waals surface area contributed by atoms with Crippen molar-refractivity contribution in [2.24, 2.45) is 0 Å². The van der Waals surface area contributed by atoms with Crippen molar-refractivity contribution in [3.8, 4) is 0 Å². The molecule has 0 atom stereocenters. The molecule has 0 unspecified atom stereocenters. The number of carbonyl (C=O) groups excluding carboxylic acids is 1. The van der Waals surface area contributed by atoms with Gasteiger partial charge in [-0.25, -0.2) is 0 Å². The first kappa shape index (κ1) is 10.3. The van der Waals surface area contributed by atoms with E-state index < -0.39 is 5.91 Å². The first-order chi connectivity index (χ1) is 8.83. The number of nitrogens with one attached hydrogen (secondary N) is 2. The van der Waals surface area contributed by atoms with Gasteiger partial charge in [0.05, 0.1) is 11.0 Å². The van der Waals surface area contributed by atoms with Crippen LogP contribution in [0.3, 0.4) is 0 Å². The van der Waals surface area contributed by atoms with Gasteiger partial charge in [0.25, 0.3) is 11.7 Å². The van der Waals surface area contributed by atoms with Gasteiger partial charge in [-0.2, -0.15) is 5.21 Å². The van der Waals surface area contributed by atoms with Crippen LogP contribution >= 0.6 is 0 Å². The first-order valence-electron chi connectivity index (χ1n) is 5.08. The molecule has 2 heterocycles. The summed E-state index contributed by atoms with van der Waals surface area (Å²) in [6.45, 7) is 0. The van der Waals surface area contributed by atoms with Crippen LogP contribution in [0.2, 0.25) is 0 Å². The third-order valence-electron chi connectivity index (χ3n) is 2.28. The molecule has 8 nitrogen and oxygen atoms in total. The topological polar surface area (TPSA) is 109 Å². The molecule has 0 aliphatic rings. The number of aromatic nitrogens is 6. The summed E-state index contributed by atoms with van der Waals surface area (Å²) in [5, 5.41) is 15.3. The lowest BCUT2D eigenvalue weighted by atomic mass is 10.2. The highest BCUT2D eigenvalue weighted by Crippen LogP contribution is 2.15. The van der Waals surface area contributed by atoms with Crippen LogP contribution in [0.25, 0.3) is 11.0 Å². The number of aromatic amines is 1. The Morgan fingerprint density at radius 3 is 2.78 bits per heavy atom. The maximum Gasteiger partial charge on any atom is 0.297 e. The Labute approximate surface area is 100 Å². The third-order valence-corrected chi connectivity index (χ3v) is 2.28. The van der Waals surface area contributed by atoms with Gasteiger partial charge in [-0.15, -0.1) is 10.2 Å². The van der Waals surface area contributed by atoms with Crippen LogP contribution in [0, 0.1) is 0 Å². The molecule has 0 bridgehead atoms. The molecular formula is C10H7N7O. The van der Waals surface area contributed by atoms with E-state index in [1.807, 2.05) is 0 Å². The van der Waals surface area contributed by atoms with Crippen molar-refractivity contribution in [1.82, 2.24) is 30.6 Å². The molecule has 0 spiro atoms. The van der Waals surface area contributed by atoms with Crippen LogP contribution in [0.1, 0.15) is 10.6 Å². The fourth-order valence-corrected chi connectivity index (χ4v) is 1.49. The van der Waals surface area contributed by atoms with Gasteiger partial charge in [-0.3, -0.25) is 14.8 Å². The largest absolute Gasteiger partial charge is 0.319 e. The number of nitrogens with zero attached hydrogens (tertiary/aromatic N) is 5. The molecule has 1 amide bonds. The molecule has 18 heavy (non-hydrogen) atoms. The molecule has 2 N–H and O–H groups in total. The summed E-state index contributed by atoms with van der Waals surface area (Å²) in [6, 6.07) is 5.23. The number of tetrazole rings is 1. The average Bonchev–Trinajstić information content (AvgIpc) is 2.92. The lowest BCUT2D eigenvalue weighted by Gasteiger charge is -2.03. The highest BCUT2D eigenvalue weighted by atomic mass is 16.2. The summed E-state index contributed by atoms with van der Waals surface area (Å²) in [4.78, 5) is 20.0. The number of amides is 1. The molecule has 2 aromatic heterocycles. The second kappa shape index (κ2) is 4.17. The zero-order chi connectivity index (χ0) is 12.4. The second-order valence-corrected chi connectivity index (χ2v) is 3.45. The van der Waals surface area contributed by atoms with Gasteiger partial charge in [-0.05, 0) is 23.4 Å². The standard InChI is InChI=1S/C10H7N7O/c18-10(9-14-16-17-15-9)13-6-1-2-7-8(5-6)12-4-3-11-7/h1-5H,(H,13,18)(H,14,15,16,17). The van der Waals surface area contributed by atoms with Gasteiger partial charge in [0.15, 0.2) is 0 Å². The monoisotopic (exact) mass is 241 g/mol. The van der Waals surface area contributed by atoms with Crippen molar-refractivity contribution in [2.75, 3.05) is 5.32 Å².